The van der Waals surface area contributed by atoms with Crippen LogP contribution in [0.4, 0.5) is 0 Å². The number of rotatable bonds is 6. The summed E-state index contributed by atoms with van der Waals surface area (Å²) in [6.07, 6.45) is 6.59. The molecule has 0 saturated carbocycles. The molecule has 0 aromatic carbocycles. The van der Waals surface area contributed by atoms with Gasteiger partial charge >= 0.3 is 0 Å². The molecule has 2 heterocycles. The van der Waals surface area contributed by atoms with Gasteiger partial charge in [0.05, 0.1) is 12.2 Å². The summed E-state index contributed by atoms with van der Waals surface area (Å²) in [4.78, 5) is 6.56. The molecule has 2 rings (SSSR count). The summed E-state index contributed by atoms with van der Waals surface area (Å²) >= 11 is 2.06. The Balaban J connectivity index is 0.00000288. The van der Waals surface area contributed by atoms with E-state index in [1.165, 1.54) is 24.2 Å². The van der Waals surface area contributed by atoms with Gasteiger partial charge in [0.1, 0.15) is 0 Å². The third-order valence-corrected chi connectivity index (χ3v) is 5.89. The van der Waals surface area contributed by atoms with Crippen LogP contribution in [0.25, 0.3) is 0 Å². The van der Waals surface area contributed by atoms with E-state index in [1.807, 2.05) is 25.0 Å². The van der Waals surface area contributed by atoms with E-state index in [0.29, 0.717) is 4.75 Å². The first-order valence-electron chi connectivity index (χ1n) is 8.17. The largest absolute Gasteiger partial charge is 0.355 e. The second-order valence-electron chi connectivity index (χ2n) is 6.64. The molecule has 1 saturated heterocycles. The molecule has 0 amide bonds. The van der Waals surface area contributed by atoms with E-state index in [0.717, 1.165) is 19.0 Å². The van der Waals surface area contributed by atoms with Gasteiger partial charge < -0.3 is 15.5 Å². The van der Waals surface area contributed by atoms with Crippen molar-refractivity contribution in [2.45, 2.75) is 30.6 Å². The van der Waals surface area contributed by atoms with E-state index in [2.05, 4.69) is 64.6 Å². The molecule has 1 aliphatic rings. The van der Waals surface area contributed by atoms with Crippen LogP contribution in [-0.4, -0.2) is 65.4 Å². The summed E-state index contributed by atoms with van der Waals surface area (Å²) in [5.41, 5.74) is 1.21. The number of aromatic nitrogens is 2. The summed E-state index contributed by atoms with van der Waals surface area (Å²) in [5.74, 6) is 2.14. The number of hydrogen-bond donors (Lipinski definition) is 2. The topological polar surface area (TPSA) is 57.5 Å². The van der Waals surface area contributed by atoms with Crippen molar-refractivity contribution in [1.82, 2.24) is 25.3 Å². The van der Waals surface area contributed by atoms with E-state index in [-0.39, 0.29) is 30.0 Å². The summed E-state index contributed by atoms with van der Waals surface area (Å²) in [5, 5.41) is 11.2. The number of aliphatic imine (C=N–C) groups is 1. The number of halogens is 1. The maximum absolute atomic E-state index is 4.36. The molecule has 0 radical (unpaired) electrons. The zero-order valence-electron chi connectivity index (χ0n) is 15.4. The van der Waals surface area contributed by atoms with Crippen LogP contribution in [0.1, 0.15) is 31.4 Å². The van der Waals surface area contributed by atoms with Gasteiger partial charge in [-0.25, -0.2) is 0 Å². The number of guanidine groups is 1. The smallest absolute Gasteiger partial charge is 0.191 e. The van der Waals surface area contributed by atoms with E-state index in [4.69, 9.17) is 0 Å². The molecule has 24 heavy (non-hydrogen) atoms. The van der Waals surface area contributed by atoms with Gasteiger partial charge in [-0.1, -0.05) is 0 Å². The van der Waals surface area contributed by atoms with Crippen molar-refractivity contribution in [2.75, 3.05) is 40.0 Å². The molecule has 0 aliphatic carbocycles. The molecule has 2 N–H and O–H groups in total. The van der Waals surface area contributed by atoms with E-state index in [9.17, 15) is 0 Å². The lowest BCUT2D eigenvalue weighted by atomic mass is 10.1. The SMILES string of the molecule is CN=C(NCC(c1cnn(C)c1)N(C)C)NCC1(C)CCCS1.I. The van der Waals surface area contributed by atoms with E-state index < -0.39 is 0 Å². The highest BCUT2D eigenvalue weighted by molar-refractivity contribution is 14.0. The van der Waals surface area contributed by atoms with Crippen LogP contribution in [-0.2, 0) is 7.05 Å². The molecule has 2 unspecified atom stereocenters. The van der Waals surface area contributed by atoms with Gasteiger partial charge in [-0.3, -0.25) is 9.67 Å². The molecule has 138 valence electrons. The monoisotopic (exact) mass is 466 g/mol. The minimum atomic E-state index is 0. The second-order valence-corrected chi connectivity index (χ2v) is 8.32. The van der Waals surface area contributed by atoms with Crippen LogP contribution >= 0.6 is 35.7 Å². The predicted molar refractivity (Wildman–Crippen MR) is 115 cm³/mol. The molecule has 1 fully saturated rings. The van der Waals surface area contributed by atoms with Gasteiger partial charge in [-0.05, 0) is 39.6 Å². The molecule has 1 aromatic rings. The molecule has 1 aliphatic heterocycles. The fourth-order valence-corrected chi connectivity index (χ4v) is 4.12. The first kappa shape index (κ1) is 21.6. The molecule has 0 bridgehead atoms. The highest BCUT2D eigenvalue weighted by Crippen LogP contribution is 2.36. The molecule has 2 atom stereocenters. The number of thioether (sulfide) groups is 1. The van der Waals surface area contributed by atoms with Crippen molar-refractivity contribution < 1.29 is 0 Å². The first-order valence-corrected chi connectivity index (χ1v) is 9.15. The molecule has 8 heteroatoms. The zero-order chi connectivity index (χ0) is 16.9. The normalized spacial score (nSPS) is 22.3. The lowest BCUT2D eigenvalue weighted by Gasteiger charge is -2.27. The fraction of sp³-hybridized carbons (Fsp3) is 0.750. The van der Waals surface area contributed by atoms with Crippen molar-refractivity contribution >= 4 is 41.7 Å². The summed E-state index contributed by atoms with van der Waals surface area (Å²) < 4.78 is 2.18. The number of nitrogens with zero attached hydrogens (tertiary/aromatic N) is 4. The van der Waals surface area contributed by atoms with Crippen LogP contribution in [0, 0.1) is 0 Å². The Morgan fingerprint density at radius 3 is 2.75 bits per heavy atom. The molecule has 0 spiro atoms. The maximum Gasteiger partial charge on any atom is 0.191 e. The van der Waals surface area contributed by atoms with Crippen LogP contribution < -0.4 is 10.6 Å². The van der Waals surface area contributed by atoms with E-state index in [1.54, 1.807) is 0 Å². The lowest BCUT2D eigenvalue weighted by Crippen LogP contribution is -2.45. The van der Waals surface area contributed by atoms with Crippen LogP contribution in [0.2, 0.25) is 0 Å². The van der Waals surface area contributed by atoms with Crippen molar-refractivity contribution in [2.24, 2.45) is 12.0 Å². The van der Waals surface area contributed by atoms with Crippen LogP contribution in [0.5, 0.6) is 0 Å². The third-order valence-electron chi connectivity index (χ3n) is 4.35. The Morgan fingerprint density at radius 1 is 1.50 bits per heavy atom. The molecular weight excluding hydrogens is 435 g/mol. The van der Waals surface area contributed by atoms with Gasteiger partial charge in [0.25, 0.3) is 0 Å². The zero-order valence-corrected chi connectivity index (χ0v) is 18.5. The molecule has 6 nitrogen and oxygen atoms in total. The predicted octanol–water partition coefficient (Wildman–Crippen LogP) is 2.09. The highest BCUT2D eigenvalue weighted by Gasteiger charge is 2.29. The van der Waals surface area contributed by atoms with Gasteiger partial charge in [-0.15, -0.1) is 24.0 Å². The van der Waals surface area contributed by atoms with Crippen LogP contribution in [0.3, 0.4) is 0 Å². The van der Waals surface area contributed by atoms with Crippen LogP contribution in [0.15, 0.2) is 17.4 Å². The van der Waals surface area contributed by atoms with Gasteiger partial charge in [0.2, 0.25) is 0 Å². The number of aryl methyl sites for hydroxylation is 1. The second kappa shape index (κ2) is 9.86. The third kappa shape index (κ3) is 6.11. The quantitative estimate of drug-likeness (QED) is 0.382. The van der Waals surface area contributed by atoms with Crippen molar-refractivity contribution in [3.8, 4) is 0 Å². The van der Waals surface area contributed by atoms with Gasteiger partial charge in [-0.2, -0.15) is 16.9 Å². The Kier molecular flexibility index (Phi) is 8.86. The minimum absolute atomic E-state index is 0. The standard InChI is InChI=1S/C16H30N6S.HI/c1-16(7-6-8-23-16)12-19-15(17-2)18-10-14(21(3)4)13-9-20-22(5)11-13;/h9,11,14H,6-8,10,12H2,1-5H3,(H2,17,18,19);1H. The number of hydrogen-bond acceptors (Lipinski definition) is 4. The van der Waals surface area contributed by atoms with Crippen molar-refractivity contribution in [3.05, 3.63) is 18.0 Å². The fourth-order valence-electron chi connectivity index (χ4n) is 2.87. The minimum Gasteiger partial charge on any atom is -0.355 e. The molecule has 1 aromatic heterocycles. The molecular formula is C16H31IN6S. The summed E-state index contributed by atoms with van der Waals surface area (Å²) in [7, 11) is 7.95. The Morgan fingerprint density at radius 2 is 2.25 bits per heavy atom. The Labute approximate surface area is 167 Å². The van der Waals surface area contributed by atoms with E-state index >= 15 is 0 Å². The average molecular weight is 466 g/mol. The van der Waals surface area contributed by atoms with Gasteiger partial charge in [0.15, 0.2) is 5.96 Å². The first-order chi connectivity index (χ1) is 10.9. The summed E-state index contributed by atoms with van der Waals surface area (Å²) in [6.45, 7) is 4.09. The Bertz CT molecular complexity index is 524. The number of likely N-dealkylation sites (N-methyl/N-ethyl adjacent to an activating group) is 1. The maximum atomic E-state index is 4.36. The average Bonchev–Trinajstić information content (AvgIpc) is 3.12. The Hall–Kier alpha value is -0.480. The number of nitrogens with one attached hydrogen (secondary N) is 2. The highest BCUT2D eigenvalue weighted by atomic mass is 127. The van der Waals surface area contributed by atoms with Gasteiger partial charge in [0, 0.05) is 43.7 Å². The van der Waals surface area contributed by atoms with Crippen molar-refractivity contribution in [3.63, 3.8) is 0 Å². The van der Waals surface area contributed by atoms with Crippen molar-refractivity contribution in [1.29, 1.82) is 0 Å². The lowest BCUT2D eigenvalue weighted by molar-refractivity contribution is 0.298. The summed E-state index contributed by atoms with van der Waals surface area (Å²) in [6, 6.07) is 0.263.